The largest absolute Gasteiger partial charge is 0.299 e. The number of ketones is 1. The van der Waals surface area contributed by atoms with Crippen molar-refractivity contribution in [2.45, 2.75) is 12.5 Å². The molecule has 2 aromatic rings. The lowest BCUT2D eigenvalue weighted by molar-refractivity contribution is 0.0875. The molecule has 104 valence electrons. The minimum atomic E-state index is -0.168. The zero-order valence-electron chi connectivity index (χ0n) is 11.7. The van der Waals surface area contributed by atoms with Gasteiger partial charge in [-0.25, -0.2) is 0 Å². The van der Waals surface area contributed by atoms with E-state index in [0.29, 0.717) is 17.0 Å². The van der Waals surface area contributed by atoms with Crippen LogP contribution >= 0.6 is 11.6 Å². The Morgan fingerprint density at radius 3 is 2.20 bits per heavy atom. The molecule has 0 radical (unpaired) electrons. The molecule has 0 bridgehead atoms. The van der Waals surface area contributed by atoms with Crippen LogP contribution in [0.5, 0.6) is 0 Å². The Hall–Kier alpha value is -1.64. The number of carbonyl (C=O) groups excluding carboxylic acids is 1. The highest BCUT2D eigenvalue weighted by molar-refractivity contribution is 6.30. The number of likely N-dealkylation sites (N-methyl/N-ethyl adjacent to an activating group) is 1. The van der Waals surface area contributed by atoms with Gasteiger partial charge in [0, 0.05) is 10.6 Å². The van der Waals surface area contributed by atoms with Gasteiger partial charge in [0.1, 0.15) is 0 Å². The summed E-state index contributed by atoms with van der Waals surface area (Å²) in [5, 5.41) is 0.644. The lowest BCUT2D eigenvalue weighted by Gasteiger charge is -2.23. The van der Waals surface area contributed by atoms with Crippen molar-refractivity contribution in [1.82, 2.24) is 4.90 Å². The van der Waals surface area contributed by atoms with Gasteiger partial charge in [0.25, 0.3) is 0 Å². The van der Waals surface area contributed by atoms with Gasteiger partial charge >= 0.3 is 0 Å². The van der Waals surface area contributed by atoms with Gasteiger partial charge in [0.05, 0.1) is 6.04 Å². The minimum absolute atomic E-state index is 0.121. The molecule has 0 aliphatic heterocycles. The van der Waals surface area contributed by atoms with Crippen LogP contribution in [0.4, 0.5) is 0 Å². The van der Waals surface area contributed by atoms with E-state index in [1.165, 1.54) is 0 Å². The summed E-state index contributed by atoms with van der Waals surface area (Å²) in [6, 6.07) is 17.0. The second-order valence-corrected chi connectivity index (χ2v) is 5.48. The minimum Gasteiger partial charge on any atom is -0.299 e. The smallest absolute Gasteiger partial charge is 0.180 e. The highest BCUT2D eigenvalue weighted by atomic mass is 35.5. The van der Waals surface area contributed by atoms with Gasteiger partial charge in [-0.05, 0) is 50.3 Å². The average Bonchev–Trinajstić information content (AvgIpc) is 2.45. The standard InChI is InChI=1S/C17H18ClNO/c1-19(2)16(12-13-6-4-3-5-7-13)17(20)14-8-10-15(18)11-9-14/h3-11,16H,12H2,1-2H3. The van der Waals surface area contributed by atoms with Crippen LogP contribution in [0.3, 0.4) is 0 Å². The average molecular weight is 288 g/mol. The molecule has 1 atom stereocenters. The Morgan fingerprint density at radius 1 is 1.05 bits per heavy atom. The van der Waals surface area contributed by atoms with E-state index in [1.54, 1.807) is 24.3 Å². The Balaban J connectivity index is 2.20. The number of benzene rings is 2. The summed E-state index contributed by atoms with van der Waals surface area (Å²) < 4.78 is 0. The summed E-state index contributed by atoms with van der Waals surface area (Å²) >= 11 is 5.87. The number of rotatable bonds is 5. The maximum Gasteiger partial charge on any atom is 0.180 e. The third-order valence-corrected chi connectivity index (χ3v) is 3.58. The maximum absolute atomic E-state index is 12.6. The van der Waals surface area contributed by atoms with Crippen LogP contribution in [0.1, 0.15) is 15.9 Å². The number of hydrogen-bond acceptors (Lipinski definition) is 2. The molecule has 3 heteroatoms. The van der Waals surface area contributed by atoms with E-state index in [1.807, 2.05) is 49.3 Å². The SMILES string of the molecule is CN(C)C(Cc1ccccc1)C(=O)c1ccc(Cl)cc1. The predicted octanol–water partition coefficient (Wildman–Crippen LogP) is 3.70. The lowest BCUT2D eigenvalue weighted by atomic mass is 9.97. The molecule has 0 aliphatic rings. The van der Waals surface area contributed by atoms with Crippen LogP contribution in [0, 0.1) is 0 Å². The summed E-state index contributed by atoms with van der Waals surface area (Å²) in [6.07, 6.45) is 0.704. The molecule has 0 saturated carbocycles. The van der Waals surface area contributed by atoms with Crippen LogP contribution in [0.15, 0.2) is 54.6 Å². The Bertz CT molecular complexity index is 563. The molecule has 2 rings (SSSR count). The van der Waals surface area contributed by atoms with Crippen molar-refractivity contribution in [3.8, 4) is 0 Å². The van der Waals surface area contributed by atoms with Gasteiger partial charge in [-0.3, -0.25) is 9.69 Å². The summed E-state index contributed by atoms with van der Waals surface area (Å²) in [6.45, 7) is 0. The van der Waals surface area contributed by atoms with E-state index in [9.17, 15) is 4.79 Å². The summed E-state index contributed by atoms with van der Waals surface area (Å²) in [4.78, 5) is 14.6. The van der Waals surface area contributed by atoms with Crippen molar-refractivity contribution in [1.29, 1.82) is 0 Å². The fourth-order valence-electron chi connectivity index (χ4n) is 2.15. The first-order valence-electron chi connectivity index (χ1n) is 6.58. The van der Waals surface area contributed by atoms with Gasteiger partial charge in [0.2, 0.25) is 0 Å². The summed E-state index contributed by atoms with van der Waals surface area (Å²) in [7, 11) is 3.86. The highest BCUT2D eigenvalue weighted by Crippen LogP contribution is 2.15. The number of nitrogens with zero attached hydrogens (tertiary/aromatic N) is 1. The van der Waals surface area contributed by atoms with E-state index in [2.05, 4.69) is 0 Å². The number of halogens is 1. The third kappa shape index (κ3) is 3.69. The Kier molecular flexibility index (Phi) is 4.94. The van der Waals surface area contributed by atoms with Crippen molar-refractivity contribution < 1.29 is 4.79 Å². The topological polar surface area (TPSA) is 20.3 Å². The molecule has 0 amide bonds. The second kappa shape index (κ2) is 6.69. The summed E-state index contributed by atoms with van der Waals surface area (Å²) in [5.74, 6) is 0.121. The van der Waals surface area contributed by atoms with Crippen LogP contribution in [0.25, 0.3) is 0 Å². The molecule has 0 heterocycles. The molecular weight excluding hydrogens is 270 g/mol. The van der Waals surface area contributed by atoms with Gasteiger partial charge in [-0.1, -0.05) is 41.9 Å². The Labute approximate surface area is 125 Å². The first-order valence-corrected chi connectivity index (χ1v) is 6.96. The second-order valence-electron chi connectivity index (χ2n) is 5.04. The van der Waals surface area contributed by atoms with Crippen LogP contribution in [0.2, 0.25) is 5.02 Å². The molecule has 20 heavy (non-hydrogen) atoms. The van der Waals surface area contributed by atoms with Crippen molar-refractivity contribution in [3.05, 3.63) is 70.7 Å². The molecule has 0 saturated heterocycles. The van der Waals surface area contributed by atoms with Crippen molar-refractivity contribution in [3.63, 3.8) is 0 Å². The van der Waals surface area contributed by atoms with Crippen molar-refractivity contribution in [2.24, 2.45) is 0 Å². The van der Waals surface area contributed by atoms with Crippen LogP contribution in [-0.2, 0) is 6.42 Å². The number of Topliss-reactive ketones (excluding diaryl/α,β-unsaturated/α-hetero) is 1. The first kappa shape index (κ1) is 14.8. The van der Waals surface area contributed by atoms with E-state index < -0.39 is 0 Å². The number of hydrogen-bond donors (Lipinski definition) is 0. The van der Waals surface area contributed by atoms with Gasteiger partial charge in [0.15, 0.2) is 5.78 Å². The van der Waals surface area contributed by atoms with E-state index in [4.69, 9.17) is 11.6 Å². The number of carbonyl (C=O) groups is 1. The van der Waals surface area contributed by atoms with Crippen LogP contribution < -0.4 is 0 Å². The molecule has 2 nitrogen and oxygen atoms in total. The first-order chi connectivity index (χ1) is 9.58. The molecule has 0 fully saturated rings. The fraction of sp³-hybridized carbons (Fsp3) is 0.235. The van der Waals surface area contributed by atoms with Crippen molar-refractivity contribution >= 4 is 17.4 Å². The molecular formula is C17H18ClNO. The van der Waals surface area contributed by atoms with Gasteiger partial charge in [-0.15, -0.1) is 0 Å². The van der Waals surface area contributed by atoms with E-state index >= 15 is 0 Å². The predicted molar refractivity (Wildman–Crippen MR) is 83.4 cm³/mol. The molecule has 0 aliphatic carbocycles. The molecule has 1 unspecified atom stereocenters. The van der Waals surface area contributed by atoms with E-state index in [-0.39, 0.29) is 11.8 Å². The summed E-state index contributed by atoms with van der Waals surface area (Å²) in [5.41, 5.74) is 1.86. The van der Waals surface area contributed by atoms with Crippen molar-refractivity contribution in [2.75, 3.05) is 14.1 Å². The molecule has 0 spiro atoms. The van der Waals surface area contributed by atoms with Gasteiger partial charge in [-0.2, -0.15) is 0 Å². The fourth-order valence-corrected chi connectivity index (χ4v) is 2.28. The Morgan fingerprint density at radius 2 is 1.65 bits per heavy atom. The molecule has 0 N–H and O–H groups in total. The van der Waals surface area contributed by atoms with Crippen LogP contribution in [-0.4, -0.2) is 30.8 Å². The normalized spacial score (nSPS) is 12.4. The van der Waals surface area contributed by atoms with E-state index in [0.717, 1.165) is 5.56 Å². The zero-order valence-corrected chi connectivity index (χ0v) is 12.5. The monoisotopic (exact) mass is 287 g/mol. The molecule has 0 aromatic heterocycles. The molecule has 2 aromatic carbocycles. The zero-order chi connectivity index (χ0) is 14.5. The lowest BCUT2D eigenvalue weighted by Crippen LogP contribution is -2.37. The van der Waals surface area contributed by atoms with Gasteiger partial charge < -0.3 is 0 Å². The quantitative estimate of drug-likeness (QED) is 0.782. The third-order valence-electron chi connectivity index (χ3n) is 3.33. The maximum atomic E-state index is 12.6. The highest BCUT2D eigenvalue weighted by Gasteiger charge is 2.22.